The molecule has 102 valence electrons. The fourth-order valence-corrected chi connectivity index (χ4v) is 1.48. The quantitative estimate of drug-likeness (QED) is 0.468. The van der Waals surface area contributed by atoms with E-state index in [0.29, 0.717) is 18.8 Å². The molecule has 0 bridgehead atoms. The molecule has 0 aromatic heterocycles. The Morgan fingerprint density at radius 1 is 1.47 bits per heavy atom. The van der Waals surface area contributed by atoms with Crippen molar-refractivity contribution >= 4 is 17.3 Å². The number of hydrogen-bond acceptors (Lipinski definition) is 4. The number of nitrogens with zero attached hydrogens (tertiary/aromatic N) is 1. The summed E-state index contributed by atoms with van der Waals surface area (Å²) in [6, 6.07) is 4.36. The Morgan fingerprint density at radius 2 is 2.16 bits per heavy atom. The number of benzene rings is 1. The summed E-state index contributed by atoms with van der Waals surface area (Å²) in [6.07, 6.45) is 0. The first-order valence-corrected chi connectivity index (χ1v) is 5.90. The largest absolute Gasteiger partial charge is 0.376 e. The molecule has 1 aromatic rings. The number of hydrogen-bond donors (Lipinski definition) is 2. The summed E-state index contributed by atoms with van der Waals surface area (Å²) in [4.78, 5) is 22.1. The zero-order valence-electron chi connectivity index (χ0n) is 11.0. The topological polar surface area (TPSA) is 84.3 Å². The minimum Gasteiger partial charge on any atom is -0.376 e. The van der Waals surface area contributed by atoms with Crippen LogP contribution in [0.2, 0.25) is 0 Å². The lowest BCUT2D eigenvalue weighted by atomic mass is 10.1. The summed E-state index contributed by atoms with van der Waals surface area (Å²) in [6.45, 7) is 8.25. The Morgan fingerprint density at radius 3 is 2.68 bits per heavy atom. The van der Waals surface area contributed by atoms with E-state index in [2.05, 4.69) is 17.2 Å². The highest BCUT2D eigenvalue weighted by Crippen LogP contribution is 2.25. The molecule has 1 aromatic carbocycles. The van der Waals surface area contributed by atoms with Gasteiger partial charge in [0.2, 0.25) is 0 Å². The van der Waals surface area contributed by atoms with E-state index >= 15 is 0 Å². The van der Waals surface area contributed by atoms with Gasteiger partial charge < -0.3 is 10.6 Å². The van der Waals surface area contributed by atoms with Crippen LogP contribution in [-0.2, 0) is 0 Å². The number of amides is 1. The SMILES string of the molecule is C=C(C)CNc1ccc(C(=O)NCC)cc1[N+](=O)[O-]. The summed E-state index contributed by atoms with van der Waals surface area (Å²) in [5.41, 5.74) is 1.39. The molecule has 0 aliphatic rings. The highest BCUT2D eigenvalue weighted by atomic mass is 16.6. The van der Waals surface area contributed by atoms with Crippen LogP contribution in [0.1, 0.15) is 24.2 Å². The molecule has 0 saturated heterocycles. The number of nitro groups is 1. The maximum Gasteiger partial charge on any atom is 0.293 e. The van der Waals surface area contributed by atoms with Gasteiger partial charge in [0.25, 0.3) is 11.6 Å². The van der Waals surface area contributed by atoms with Crippen LogP contribution in [-0.4, -0.2) is 23.9 Å². The summed E-state index contributed by atoms with van der Waals surface area (Å²) >= 11 is 0. The van der Waals surface area contributed by atoms with Gasteiger partial charge in [0, 0.05) is 24.7 Å². The van der Waals surface area contributed by atoms with E-state index in [9.17, 15) is 14.9 Å². The molecular formula is C13H17N3O3. The number of carbonyl (C=O) groups excluding carboxylic acids is 1. The van der Waals surface area contributed by atoms with Crippen LogP contribution < -0.4 is 10.6 Å². The van der Waals surface area contributed by atoms with Crippen molar-refractivity contribution in [1.82, 2.24) is 5.32 Å². The van der Waals surface area contributed by atoms with Crippen LogP contribution in [0.5, 0.6) is 0 Å². The third kappa shape index (κ3) is 4.09. The Labute approximate surface area is 111 Å². The van der Waals surface area contributed by atoms with Crippen molar-refractivity contribution in [2.24, 2.45) is 0 Å². The molecule has 2 N–H and O–H groups in total. The zero-order chi connectivity index (χ0) is 14.4. The lowest BCUT2D eigenvalue weighted by Gasteiger charge is -2.08. The Hall–Kier alpha value is -2.37. The highest BCUT2D eigenvalue weighted by molar-refractivity contribution is 5.95. The molecule has 0 radical (unpaired) electrons. The summed E-state index contributed by atoms with van der Waals surface area (Å²) in [5.74, 6) is -0.322. The Balaban J connectivity index is 3.04. The normalized spacial score (nSPS) is 9.79. The number of nitrogens with one attached hydrogen (secondary N) is 2. The summed E-state index contributed by atoms with van der Waals surface area (Å²) in [7, 11) is 0. The van der Waals surface area contributed by atoms with Gasteiger partial charge in [-0.1, -0.05) is 12.2 Å². The molecule has 0 spiro atoms. The first kappa shape index (κ1) is 14.7. The van der Waals surface area contributed by atoms with Gasteiger partial charge in [0.05, 0.1) is 4.92 Å². The van der Waals surface area contributed by atoms with E-state index in [1.54, 1.807) is 13.0 Å². The molecule has 0 aliphatic carbocycles. The van der Waals surface area contributed by atoms with Crippen LogP contribution in [0.3, 0.4) is 0 Å². The molecule has 0 unspecified atom stereocenters. The molecule has 1 amide bonds. The first-order valence-electron chi connectivity index (χ1n) is 5.90. The predicted octanol–water partition coefficient (Wildman–Crippen LogP) is 2.33. The fraction of sp³-hybridized carbons (Fsp3) is 0.308. The van der Waals surface area contributed by atoms with Crippen molar-refractivity contribution in [3.63, 3.8) is 0 Å². The van der Waals surface area contributed by atoms with Gasteiger partial charge in [-0.2, -0.15) is 0 Å². The van der Waals surface area contributed by atoms with Crippen LogP contribution in [0.25, 0.3) is 0 Å². The maximum atomic E-state index is 11.6. The minimum atomic E-state index is -0.510. The maximum absolute atomic E-state index is 11.6. The van der Waals surface area contributed by atoms with Crippen LogP contribution >= 0.6 is 0 Å². The third-order valence-corrected chi connectivity index (χ3v) is 2.37. The Kier molecular flexibility index (Phi) is 5.05. The lowest BCUT2D eigenvalue weighted by molar-refractivity contribution is -0.384. The standard InChI is InChI=1S/C13H17N3O3/c1-4-14-13(17)10-5-6-11(15-8-9(2)3)12(7-10)16(18)19/h5-7,15H,2,4,8H2,1,3H3,(H,14,17). The van der Waals surface area contributed by atoms with E-state index in [-0.39, 0.29) is 17.2 Å². The van der Waals surface area contributed by atoms with Gasteiger partial charge in [-0.15, -0.1) is 0 Å². The van der Waals surface area contributed by atoms with Crippen molar-refractivity contribution < 1.29 is 9.72 Å². The van der Waals surface area contributed by atoms with Crippen molar-refractivity contribution in [2.45, 2.75) is 13.8 Å². The Bertz CT molecular complexity index is 512. The van der Waals surface area contributed by atoms with Crippen LogP contribution in [0.4, 0.5) is 11.4 Å². The minimum absolute atomic E-state index is 0.120. The molecular weight excluding hydrogens is 246 g/mol. The molecule has 6 nitrogen and oxygen atoms in total. The summed E-state index contributed by atoms with van der Waals surface area (Å²) in [5, 5.41) is 16.5. The second-order valence-electron chi connectivity index (χ2n) is 4.16. The molecule has 0 fully saturated rings. The van der Waals surface area contributed by atoms with Gasteiger partial charge in [0.15, 0.2) is 0 Å². The second-order valence-corrected chi connectivity index (χ2v) is 4.16. The van der Waals surface area contributed by atoms with Crippen molar-refractivity contribution in [2.75, 3.05) is 18.4 Å². The summed E-state index contributed by atoms with van der Waals surface area (Å²) < 4.78 is 0. The first-order chi connectivity index (χ1) is 8.95. The number of rotatable bonds is 6. The molecule has 1 rings (SSSR count). The lowest BCUT2D eigenvalue weighted by Crippen LogP contribution is -2.22. The van der Waals surface area contributed by atoms with Gasteiger partial charge in [-0.3, -0.25) is 14.9 Å². The van der Waals surface area contributed by atoms with Gasteiger partial charge in [-0.25, -0.2) is 0 Å². The molecule has 0 saturated carbocycles. The van der Waals surface area contributed by atoms with Gasteiger partial charge in [-0.05, 0) is 26.0 Å². The van der Waals surface area contributed by atoms with E-state index < -0.39 is 4.92 Å². The average Bonchev–Trinajstić information content (AvgIpc) is 2.36. The van der Waals surface area contributed by atoms with Crippen LogP contribution in [0.15, 0.2) is 30.4 Å². The van der Waals surface area contributed by atoms with Crippen molar-refractivity contribution in [3.05, 3.63) is 46.0 Å². The predicted molar refractivity (Wildman–Crippen MR) is 74.4 cm³/mol. The fourth-order valence-electron chi connectivity index (χ4n) is 1.48. The van der Waals surface area contributed by atoms with Crippen molar-refractivity contribution in [3.8, 4) is 0 Å². The monoisotopic (exact) mass is 263 g/mol. The number of nitro benzene ring substituents is 1. The molecule has 0 atom stereocenters. The second kappa shape index (κ2) is 6.53. The van der Waals surface area contributed by atoms with Gasteiger partial charge >= 0.3 is 0 Å². The smallest absolute Gasteiger partial charge is 0.293 e. The molecule has 0 aliphatic heterocycles. The van der Waals surface area contributed by atoms with Gasteiger partial charge in [0.1, 0.15) is 5.69 Å². The average molecular weight is 263 g/mol. The third-order valence-electron chi connectivity index (χ3n) is 2.37. The highest BCUT2D eigenvalue weighted by Gasteiger charge is 2.17. The van der Waals surface area contributed by atoms with E-state index in [4.69, 9.17) is 0 Å². The molecule has 19 heavy (non-hydrogen) atoms. The van der Waals surface area contributed by atoms with E-state index in [1.165, 1.54) is 12.1 Å². The number of anilines is 1. The number of carbonyl (C=O) groups is 1. The van der Waals surface area contributed by atoms with Crippen LogP contribution in [0, 0.1) is 10.1 Å². The molecule has 0 heterocycles. The molecule has 6 heteroatoms. The van der Waals surface area contributed by atoms with E-state index in [1.807, 2.05) is 6.92 Å². The van der Waals surface area contributed by atoms with E-state index in [0.717, 1.165) is 5.57 Å². The zero-order valence-corrected chi connectivity index (χ0v) is 11.0. The van der Waals surface area contributed by atoms with Crippen molar-refractivity contribution in [1.29, 1.82) is 0 Å².